The Labute approximate surface area is 240 Å². The largest absolute Gasteiger partial charge is 0.479 e. The normalized spacial score (nSPS) is 26.0. The lowest BCUT2D eigenvalue weighted by Crippen LogP contribution is -2.53. The number of carbonyl (C=O) groups is 2. The van der Waals surface area contributed by atoms with Gasteiger partial charge in [-0.2, -0.15) is 9.97 Å². The molecule has 9 N–H and O–H groups in total. The predicted molar refractivity (Wildman–Crippen MR) is 137 cm³/mol. The van der Waals surface area contributed by atoms with Crippen molar-refractivity contribution in [3.8, 4) is 0 Å². The molecular formula is C24H26ClFN6O10. The third-order valence-corrected chi connectivity index (χ3v) is 7.43. The van der Waals surface area contributed by atoms with E-state index in [1.54, 1.807) is 0 Å². The lowest BCUT2D eigenvalue weighted by atomic mass is 9.93. The lowest BCUT2D eigenvalue weighted by molar-refractivity contribution is -0.194. The number of nitrogens with two attached hydrogens (primary N) is 1. The first-order chi connectivity index (χ1) is 19.8. The van der Waals surface area contributed by atoms with Crippen LogP contribution in [0.2, 0.25) is 5.28 Å². The Bertz CT molecular complexity index is 1490. The quantitative estimate of drug-likeness (QED) is 0.0683. The van der Waals surface area contributed by atoms with Crippen molar-refractivity contribution >= 4 is 40.5 Å². The van der Waals surface area contributed by atoms with Gasteiger partial charge in [-0.15, -0.1) is 0 Å². The molecule has 2 aromatic heterocycles. The second-order valence-corrected chi connectivity index (χ2v) is 10.3. The van der Waals surface area contributed by atoms with Gasteiger partial charge in [0.05, 0.1) is 6.33 Å². The molecule has 1 saturated heterocycles. The summed E-state index contributed by atoms with van der Waals surface area (Å²) in [7, 11) is 0. The minimum Gasteiger partial charge on any atom is -0.479 e. The second kappa shape index (κ2) is 10.9. The molecule has 3 heterocycles. The molecule has 0 bridgehead atoms. The number of aliphatic carboxylic acids is 2. The van der Waals surface area contributed by atoms with Gasteiger partial charge in [0.1, 0.15) is 24.0 Å². The van der Waals surface area contributed by atoms with E-state index >= 15 is 4.39 Å². The Morgan fingerprint density at radius 2 is 1.88 bits per heavy atom. The van der Waals surface area contributed by atoms with Crippen LogP contribution < -0.4 is 11.1 Å². The summed E-state index contributed by atoms with van der Waals surface area (Å²) in [5.74, 6) is -3.87. The van der Waals surface area contributed by atoms with Crippen molar-refractivity contribution in [3.63, 3.8) is 0 Å². The summed E-state index contributed by atoms with van der Waals surface area (Å²) in [5, 5.41) is 61.3. The molecule has 42 heavy (non-hydrogen) atoms. The van der Waals surface area contributed by atoms with Crippen LogP contribution in [0.5, 0.6) is 0 Å². The van der Waals surface area contributed by atoms with E-state index in [-0.39, 0.29) is 40.8 Å². The van der Waals surface area contributed by atoms with E-state index in [2.05, 4.69) is 20.3 Å². The van der Waals surface area contributed by atoms with E-state index in [0.717, 1.165) is 10.9 Å². The maximum Gasteiger partial charge on any atom is 0.348 e. The number of alkyl halides is 1. The summed E-state index contributed by atoms with van der Waals surface area (Å²) in [5.41, 5.74) is 1.07. The molecule has 1 aromatic carbocycles. The Hall–Kier alpha value is -3.55. The molecule has 2 fully saturated rings. The number of nitrogen functional groups attached to an aromatic ring is 1. The number of carboxylic acid groups (broad SMARTS) is 2. The zero-order valence-electron chi connectivity index (χ0n) is 21.4. The highest BCUT2D eigenvalue weighted by Crippen LogP contribution is 2.58. The molecule has 2 unspecified atom stereocenters. The van der Waals surface area contributed by atoms with Gasteiger partial charge < -0.3 is 45.8 Å². The number of imidazole rings is 1. The molecule has 226 valence electrons. The van der Waals surface area contributed by atoms with Crippen molar-refractivity contribution in [3.05, 3.63) is 47.0 Å². The number of nitrogens with zero attached hydrogens (tertiary/aromatic N) is 4. The SMILES string of the molecule is Nc1nc(Cl)nc2c1ncn2[C@@H]1O[C@@H]2C(OC(Cc3ccc(C(O)NCCC(O)O)cc3)(C(=O)O)C(=O)O)[C@]2(O)[C@@H]1F. The number of anilines is 1. The molecule has 1 aliphatic carbocycles. The summed E-state index contributed by atoms with van der Waals surface area (Å²) < 4.78 is 27.8. The average molecular weight is 613 g/mol. The molecule has 18 heteroatoms. The first-order valence-electron chi connectivity index (χ1n) is 12.5. The van der Waals surface area contributed by atoms with Crippen molar-refractivity contribution in [2.45, 2.75) is 61.2 Å². The van der Waals surface area contributed by atoms with Crippen LogP contribution in [-0.4, -0.2) is 105 Å². The van der Waals surface area contributed by atoms with Gasteiger partial charge in [-0.3, -0.25) is 9.88 Å². The minimum absolute atomic E-state index is 0.0164. The van der Waals surface area contributed by atoms with E-state index in [9.17, 15) is 30.0 Å². The van der Waals surface area contributed by atoms with E-state index in [1.165, 1.54) is 24.3 Å². The van der Waals surface area contributed by atoms with Crippen LogP contribution in [0.3, 0.4) is 0 Å². The van der Waals surface area contributed by atoms with Crippen molar-refractivity contribution in [2.75, 3.05) is 12.3 Å². The highest BCUT2D eigenvalue weighted by atomic mass is 35.5. The summed E-state index contributed by atoms with van der Waals surface area (Å²) in [4.78, 5) is 36.3. The monoisotopic (exact) mass is 612 g/mol. The highest BCUT2D eigenvalue weighted by molar-refractivity contribution is 6.28. The van der Waals surface area contributed by atoms with Crippen molar-refractivity contribution in [1.29, 1.82) is 0 Å². The van der Waals surface area contributed by atoms with E-state index in [0.29, 0.717) is 5.56 Å². The fraction of sp³-hybridized carbons (Fsp3) is 0.458. The number of aromatic nitrogens is 4. The molecule has 0 amide bonds. The topological polar surface area (TPSA) is 256 Å². The van der Waals surface area contributed by atoms with Crippen molar-refractivity contribution in [2.24, 2.45) is 0 Å². The fourth-order valence-corrected chi connectivity index (χ4v) is 5.08. The van der Waals surface area contributed by atoms with Crippen molar-refractivity contribution in [1.82, 2.24) is 24.8 Å². The summed E-state index contributed by atoms with van der Waals surface area (Å²) in [6, 6.07) is 5.53. The molecule has 16 nitrogen and oxygen atoms in total. The molecule has 0 spiro atoms. The number of carboxylic acids is 2. The Balaban J connectivity index is 1.32. The first-order valence-corrected chi connectivity index (χ1v) is 12.9. The van der Waals surface area contributed by atoms with Crippen LogP contribution in [0.25, 0.3) is 11.2 Å². The molecule has 1 aliphatic heterocycles. The van der Waals surface area contributed by atoms with Crippen LogP contribution in [0, 0.1) is 0 Å². The molecular weight excluding hydrogens is 587 g/mol. The molecule has 0 radical (unpaired) electrons. The first kappa shape index (κ1) is 29.9. The predicted octanol–water partition coefficient (Wildman–Crippen LogP) is -1.14. The zero-order chi connectivity index (χ0) is 30.6. The van der Waals surface area contributed by atoms with Crippen LogP contribution in [-0.2, 0) is 25.5 Å². The van der Waals surface area contributed by atoms with Gasteiger partial charge >= 0.3 is 11.9 Å². The number of halogens is 2. The summed E-state index contributed by atoms with van der Waals surface area (Å²) in [6.07, 6.45) is -9.16. The average Bonchev–Trinajstić information content (AvgIpc) is 3.16. The number of aliphatic hydroxyl groups is 4. The molecule has 3 aromatic rings. The molecule has 2 aliphatic rings. The second-order valence-electron chi connectivity index (χ2n) is 9.96. The Morgan fingerprint density at radius 3 is 2.45 bits per heavy atom. The maximum absolute atomic E-state index is 15.6. The van der Waals surface area contributed by atoms with Gasteiger partial charge in [-0.1, -0.05) is 24.3 Å². The fourth-order valence-electron chi connectivity index (χ4n) is 4.91. The highest BCUT2D eigenvalue weighted by Gasteiger charge is 2.80. The Kier molecular flexibility index (Phi) is 7.79. The standard InChI is InChI=1S/C24H26ClFN6O10/c25-22-30-16(27)12-17(31-22)32(8-29-12)19-13(26)24(40)14(41-19)15(24)42-23(20(36)37,21(38)39)7-9-1-3-10(4-2-9)18(35)28-6-5-11(33)34/h1-4,8,11,13-15,18-19,28,33-35,40H,5-7H2,(H,36,37)(H,38,39)(H2,27,30,31)/t13-,14-,15?,18?,19-,24+/m1/s1. The Morgan fingerprint density at radius 1 is 1.21 bits per heavy atom. The van der Waals surface area contributed by atoms with Crippen LogP contribution in [0.15, 0.2) is 30.6 Å². The number of rotatable bonds is 12. The number of nitrogens with one attached hydrogen (secondary N) is 1. The maximum atomic E-state index is 15.6. The number of fused-ring (bicyclic) bond motifs is 2. The van der Waals surface area contributed by atoms with Gasteiger partial charge in [-0.25, -0.2) is 19.0 Å². The smallest absolute Gasteiger partial charge is 0.348 e. The van der Waals surface area contributed by atoms with Crippen LogP contribution >= 0.6 is 11.6 Å². The van der Waals surface area contributed by atoms with E-state index < -0.39 is 66.7 Å². The van der Waals surface area contributed by atoms with Gasteiger partial charge in [-0.05, 0) is 22.7 Å². The van der Waals surface area contributed by atoms with E-state index in [4.69, 9.17) is 37.0 Å². The minimum atomic E-state index is -2.93. The third-order valence-electron chi connectivity index (χ3n) is 7.26. The summed E-state index contributed by atoms with van der Waals surface area (Å²) >= 11 is 5.85. The van der Waals surface area contributed by atoms with E-state index in [1.807, 2.05) is 0 Å². The van der Waals surface area contributed by atoms with Gasteiger partial charge in [0.15, 0.2) is 35.8 Å². The summed E-state index contributed by atoms with van der Waals surface area (Å²) in [6.45, 7) is 0.0755. The number of ether oxygens (including phenoxy) is 2. The van der Waals surface area contributed by atoms with Gasteiger partial charge in [0, 0.05) is 19.4 Å². The number of aliphatic hydroxyl groups excluding tert-OH is 2. The zero-order valence-corrected chi connectivity index (χ0v) is 22.2. The third kappa shape index (κ3) is 5.03. The lowest BCUT2D eigenvalue weighted by Gasteiger charge is -2.29. The van der Waals surface area contributed by atoms with Crippen molar-refractivity contribution < 1.29 is 54.1 Å². The number of hydrogen-bond donors (Lipinski definition) is 8. The van der Waals surface area contributed by atoms with Gasteiger partial charge in [0.2, 0.25) is 5.28 Å². The molecule has 1 saturated carbocycles. The number of benzene rings is 1. The van der Waals surface area contributed by atoms with Crippen LogP contribution in [0.1, 0.15) is 30.0 Å². The molecule has 6 atom stereocenters. The van der Waals surface area contributed by atoms with Gasteiger partial charge in [0.25, 0.3) is 5.60 Å². The van der Waals surface area contributed by atoms with Crippen LogP contribution in [0.4, 0.5) is 10.2 Å². The molecule has 5 rings (SSSR count). The number of hydrogen-bond acceptors (Lipinski definition) is 13.